The van der Waals surface area contributed by atoms with Gasteiger partial charge in [0.15, 0.2) is 5.16 Å². The van der Waals surface area contributed by atoms with E-state index in [1.165, 1.54) is 28.5 Å². The lowest BCUT2D eigenvalue weighted by atomic mass is 10.3. The molecule has 3 rings (SSSR count). The number of fused-ring (bicyclic) bond motifs is 1. The van der Waals surface area contributed by atoms with Crippen LogP contribution >= 0.6 is 23.5 Å². The molecule has 0 spiro atoms. The van der Waals surface area contributed by atoms with Crippen LogP contribution < -0.4 is 15.6 Å². The fourth-order valence-electron chi connectivity index (χ4n) is 2.36. The third-order valence-electron chi connectivity index (χ3n) is 3.57. The van der Waals surface area contributed by atoms with Gasteiger partial charge in [-0.25, -0.2) is 4.98 Å². The molecule has 144 valence electrons. The summed E-state index contributed by atoms with van der Waals surface area (Å²) in [6.07, 6.45) is -4.04. The molecule has 0 unspecified atom stereocenters. The number of carbonyl (C=O) groups is 1. The van der Waals surface area contributed by atoms with Crippen LogP contribution in [0.1, 0.15) is 5.69 Å². The van der Waals surface area contributed by atoms with E-state index in [9.17, 15) is 22.8 Å². The Morgan fingerprint density at radius 1 is 1.37 bits per heavy atom. The lowest BCUT2D eigenvalue weighted by Crippen LogP contribution is -2.23. The molecular weight excluding hydrogens is 403 g/mol. The zero-order valence-electron chi connectivity index (χ0n) is 14.0. The first kappa shape index (κ1) is 19.6. The molecule has 0 saturated carbocycles. The number of carbonyl (C=O) groups excluding carboxylic acids is 1. The Labute approximate surface area is 160 Å². The van der Waals surface area contributed by atoms with Gasteiger partial charge in [-0.3, -0.25) is 14.2 Å². The first-order valence-corrected chi connectivity index (χ1v) is 9.71. The third kappa shape index (κ3) is 4.98. The number of halogens is 3. The number of benzene rings is 1. The van der Waals surface area contributed by atoms with Crippen molar-refractivity contribution in [2.24, 2.45) is 7.05 Å². The Hall–Kier alpha value is -2.14. The van der Waals surface area contributed by atoms with Gasteiger partial charge < -0.3 is 10.1 Å². The van der Waals surface area contributed by atoms with Gasteiger partial charge in [0.2, 0.25) is 5.91 Å². The van der Waals surface area contributed by atoms with E-state index in [1.807, 2.05) is 0 Å². The minimum atomic E-state index is -4.77. The summed E-state index contributed by atoms with van der Waals surface area (Å²) in [4.78, 5) is 29.4. The summed E-state index contributed by atoms with van der Waals surface area (Å²) in [5, 5.41) is 3.02. The summed E-state index contributed by atoms with van der Waals surface area (Å²) in [5.41, 5.74) is 0.972. The quantitative estimate of drug-likeness (QED) is 0.596. The molecule has 1 N–H and O–H groups in total. The highest BCUT2D eigenvalue weighted by atomic mass is 32.2. The number of alkyl halides is 3. The molecular formula is C16H14F3N3O3S2. The van der Waals surface area contributed by atoms with E-state index in [4.69, 9.17) is 0 Å². The summed E-state index contributed by atoms with van der Waals surface area (Å²) in [5.74, 6) is 0.0893. The maximum absolute atomic E-state index is 12.2. The average molecular weight is 417 g/mol. The number of hydrogen-bond donors (Lipinski definition) is 1. The highest BCUT2D eigenvalue weighted by molar-refractivity contribution is 8.00. The number of rotatable bonds is 5. The number of nitrogens with one attached hydrogen (secondary N) is 1. The molecule has 0 fully saturated rings. The van der Waals surface area contributed by atoms with Crippen LogP contribution in [0.2, 0.25) is 0 Å². The molecule has 1 aliphatic rings. The molecule has 0 aliphatic carbocycles. The number of aromatic nitrogens is 2. The number of amides is 1. The summed E-state index contributed by atoms with van der Waals surface area (Å²) < 4.78 is 41.6. The van der Waals surface area contributed by atoms with Crippen molar-refractivity contribution in [3.8, 4) is 5.75 Å². The highest BCUT2D eigenvalue weighted by Gasteiger charge is 2.31. The van der Waals surface area contributed by atoms with Crippen LogP contribution in [-0.4, -0.2) is 33.3 Å². The molecule has 0 bridgehead atoms. The topological polar surface area (TPSA) is 73.2 Å². The maximum Gasteiger partial charge on any atom is 0.573 e. The van der Waals surface area contributed by atoms with E-state index in [2.05, 4.69) is 15.0 Å². The van der Waals surface area contributed by atoms with Gasteiger partial charge in [0.25, 0.3) is 5.56 Å². The van der Waals surface area contributed by atoms with Crippen molar-refractivity contribution < 1.29 is 22.7 Å². The SMILES string of the molecule is Cn1c(SCC(=O)Nc2ccc(OC(F)(F)F)cc2)nc2c(c1=O)SCC2. The van der Waals surface area contributed by atoms with E-state index in [0.717, 1.165) is 41.8 Å². The lowest BCUT2D eigenvalue weighted by molar-refractivity contribution is -0.274. The van der Waals surface area contributed by atoms with E-state index < -0.39 is 6.36 Å². The van der Waals surface area contributed by atoms with Crippen LogP contribution in [0.25, 0.3) is 0 Å². The Bertz CT molecular complexity index is 914. The number of anilines is 1. The molecule has 1 aromatic carbocycles. The molecule has 0 atom stereocenters. The van der Waals surface area contributed by atoms with Crippen LogP contribution in [0.3, 0.4) is 0 Å². The second kappa shape index (κ2) is 7.85. The van der Waals surface area contributed by atoms with Crippen molar-refractivity contribution in [3.05, 3.63) is 40.3 Å². The second-order valence-corrected chi connectivity index (χ2v) is 7.59. The van der Waals surface area contributed by atoms with Crippen LogP contribution in [0, 0.1) is 0 Å². The minimum Gasteiger partial charge on any atom is -0.406 e. The summed E-state index contributed by atoms with van der Waals surface area (Å²) >= 11 is 2.61. The smallest absolute Gasteiger partial charge is 0.406 e. The van der Waals surface area contributed by atoms with E-state index in [0.29, 0.717) is 15.7 Å². The molecule has 6 nitrogen and oxygen atoms in total. The van der Waals surface area contributed by atoms with Gasteiger partial charge in [0.1, 0.15) is 5.75 Å². The van der Waals surface area contributed by atoms with Gasteiger partial charge in [-0.15, -0.1) is 24.9 Å². The normalized spacial score (nSPS) is 13.3. The summed E-state index contributed by atoms with van der Waals surface area (Å²) in [6, 6.07) is 4.84. The Morgan fingerprint density at radius 3 is 2.74 bits per heavy atom. The van der Waals surface area contributed by atoms with Crippen molar-refractivity contribution in [3.63, 3.8) is 0 Å². The number of nitrogens with zero attached hydrogens (tertiary/aromatic N) is 2. The number of ether oxygens (including phenoxy) is 1. The standard InChI is InChI=1S/C16H14F3N3O3S2/c1-22-14(24)13-11(6-7-26-13)21-15(22)27-8-12(23)20-9-2-4-10(5-3-9)25-16(17,18)19/h2-5H,6-8H2,1H3,(H,20,23). The Morgan fingerprint density at radius 2 is 2.07 bits per heavy atom. The monoisotopic (exact) mass is 417 g/mol. The van der Waals surface area contributed by atoms with Gasteiger partial charge in [-0.2, -0.15) is 0 Å². The molecule has 11 heteroatoms. The van der Waals surface area contributed by atoms with Gasteiger partial charge in [-0.05, 0) is 24.3 Å². The zero-order valence-corrected chi connectivity index (χ0v) is 15.6. The van der Waals surface area contributed by atoms with Crippen LogP contribution in [0.4, 0.5) is 18.9 Å². The molecule has 1 aromatic heterocycles. The summed E-state index contributed by atoms with van der Waals surface area (Å²) in [6.45, 7) is 0. The molecule has 1 aliphatic heterocycles. The van der Waals surface area contributed by atoms with E-state index in [1.54, 1.807) is 7.05 Å². The second-order valence-electron chi connectivity index (χ2n) is 5.54. The molecule has 27 heavy (non-hydrogen) atoms. The molecule has 0 saturated heterocycles. The van der Waals surface area contributed by atoms with Crippen molar-refractivity contribution in [1.29, 1.82) is 0 Å². The Balaban J connectivity index is 1.59. The van der Waals surface area contributed by atoms with Crippen LogP contribution in [0.15, 0.2) is 39.1 Å². The van der Waals surface area contributed by atoms with Crippen LogP contribution in [0.5, 0.6) is 5.75 Å². The molecule has 0 radical (unpaired) electrons. The lowest BCUT2D eigenvalue weighted by Gasteiger charge is -2.11. The number of thioether (sulfide) groups is 2. The highest BCUT2D eigenvalue weighted by Crippen LogP contribution is 2.28. The predicted molar refractivity (Wildman–Crippen MR) is 96.4 cm³/mol. The number of aryl methyl sites for hydroxylation is 1. The largest absolute Gasteiger partial charge is 0.573 e. The van der Waals surface area contributed by atoms with Gasteiger partial charge in [-0.1, -0.05) is 11.8 Å². The predicted octanol–water partition coefficient (Wildman–Crippen LogP) is 3.06. The van der Waals surface area contributed by atoms with Crippen molar-refractivity contribution in [2.45, 2.75) is 22.8 Å². The van der Waals surface area contributed by atoms with Gasteiger partial charge >= 0.3 is 6.36 Å². The summed E-state index contributed by atoms with van der Waals surface area (Å²) in [7, 11) is 1.61. The third-order valence-corrected chi connectivity index (χ3v) is 5.70. The van der Waals surface area contributed by atoms with Gasteiger partial charge in [0.05, 0.1) is 16.3 Å². The first-order chi connectivity index (χ1) is 12.7. The molecule has 2 aromatic rings. The first-order valence-electron chi connectivity index (χ1n) is 7.74. The maximum atomic E-state index is 12.2. The minimum absolute atomic E-state index is 0.00696. The van der Waals surface area contributed by atoms with Crippen LogP contribution in [-0.2, 0) is 18.3 Å². The average Bonchev–Trinajstić information content (AvgIpc) is 3.06. The van der Waals surface area contributed by atoms with Crippen molar-refractivity contribution in [1.82, 2.24) is 9.55 Å². The van der Waals surface area contributed by atoms with Gasteiger partial charge in [0, 0.05) is 24.9 Å². The fourth-order valence-corrected chi connectivity index (χ4v) is 4.22. The zero-order chi connectivity index (χ0) is 19.6. The molecule has 1 amide bonds. The fraction of sp³-hybridized carbons (Fsp3) is 0.312. The van der Waals surface area contributed by atoms with E-state index >= 15 is 0 Å². The number of hydrogen-bond acceptors (Lipinski definition) is 6. The van der Waals surface area contributed by atoms with Crippen molar-refractivity contribution >= 4 is 35.1 Å². The Kier molecular flexibility index (Phi) is 5.70. The molecule has 2 heterocycles. The van der Waals surface area contributed by atoms with E-state index in [-0.39, 0.29) is 23.0 Å². The van der Waals surface area contributed by atoms with Crippen molar-refractivity contribution in [2.75, 3.05) is 16.8 Å².